The van der Waals surface area contributed by atoms with Crippen LogP contribution in [-0.4, -0.2) is 24.0 Å². The monoisotopic (exact) mass is 312 g/mol. The van der Waals surface area contributed by atoms with Gasteiger partial charge >= 0.3 is 0 Å². The quantitative estimate of drug-likeness (QED) is 0.635. The van der Waals surface area contributed by atoms with Gasteiger partial charge in [0.05, 0.1) is 22.8 Å². The number of fused-ring (bicyclic) bond motifs is 1. The van der Waals surface area contributed by atoms with Crippen LogP contribution in [0, 0.1) is 0 Å². The molecule has 0 radical (unpaired) electrons. The minimum absolute atomic E-state index is 0.0845. The van der Waals surface area contributed by atoms with Crippen molar-refractivity contribution in [1.82, 2.24) is 0 Å². The van der Waals surface area contributed by atoms with E-state index in [9.17, 15) is 19.5 Å². The van der Waals surface area contributed by atoms with E-state index >= 15 is 0 Å². The molecular weight excluding hydrogens is 302 g/mol. The summed E-state index contributed by atoms with van der Waals surface area (Å²) in [7, 11) is 0. The lowest BCUT2D eigenvalue weighted by atomic mass is 10.1. The van der Waals surface area contributed by atoms with Gasteiger partial charge in [-0.3, -0.25) is 9.59 Å². The summed E-state index contributed by atoms with van der Waals surface area (Å²) in [6.07, 6.45) is 1.90. The number of hydrogen-bond donors (Lipinski definition) is 0. The average molecular weight is 312 g/mol. The lowest BCUT2D eigenvalue weighted by Crippen LogP contribution is -2.29. The molecule has 0 N–H and O–H groups in total. The molecule has 0 unspecified atom stereocenters. The fourth-order valence-electron chi connectivity index (χ4n) is 2.35. The lowest BCUT2D eigenvalue weighted by molar-refractivity contribution is -0.255. The summed E-state index contributed by atoms with van der Waals surface area (Å²) >= 11 is 1.50. The number of anilines is 1. The van der Waals surface area contributed by atoms with E-state index in [1.807, 2.05) is 12.3 Å². The molecule has 110 valence electrons. The number of carbonyl (C=O) groups excluding carboxylic acids is 3. The van der Waals surface area contributed by atoms with E-state index in [-0.39, 0.29) is 16.7 Å². The zero-order chi connectivity index (χ0) is 15.9. The fourth-order valence-corrected chi connectivity index (χ4v) is 2.81. The smallest absolute Gasteiger partial charge is 0.266 e. The summed E-state index contributed by atoms with van der Waals surface area (Å²) in [6, 6.07) is 10.8. The molecule has 22 heavy (non-hydrogen) atoms. The Balaban J connectivity index is 2.08. The van der Waals surface area contributed by atoms with Gasteiger partial charge in [0.1, 0.15) is 0 Å². The Morgan fingerprint density at radius 1 is 1.05 bits per heavy atom. The van der Waals surface area contributed by atoms with Crippen molar-refractivity contribution in [2.75, 3.05) is 11.2 Å². The maximum Gasteiger partial charge on any atom is 0.266 e. The van der Waals surface area contributed by atoms with Gasteiger partial charge in [0.15, 0.2) is 0 Å². The van der Waals surface area contributed by atoms with Crippen LogP contribution in [0.2, 0.25) is 0 Å². The molecule has 2 aromatic carbocycles. The second-order valence-corrected chi connectivity index (χ2v) is 5.57. The Bertz CT molecular complexity index is 816. The van der Waals surface area contributed by atoms with E-state index in [0.717, 1.165) is 9.80 Å². The molecule has 0 atom stereocenters. The Hall–Kier alpha value is -2.60. The van der Waals surface area contributed by atoms with Gasteiger partial charge in [-0.15, -0.1) is 11.8 Å². The molecular formula is C16H10NO4S-. The number of carbonyl (C=O) groups is 3. The SMILES string of the molecule is CSc1cccc(N2C(=O)c3ccc(C(=O)[O-])cc3C2=O)c1. The van der Waals surface area contributed by atoms with Crippen molar-refractivity contribution in [1.29, 1.82) is 0 Å². The van der Waals surface area contributed by atoms with Crippen LogP contribution in [0.4, 0.5) is 5.69 Å². The highest BCUT2D eigenvalue weighted by molar-refractivity contribution is 7.98. The number of hydrogen-bond acceptors (Lipinski definition) is 5. The van der Waals surface area contributed by atoms with Crippen LogP contribution in [0.3, 0.4) is 0 Å². The van der Waals surface area contributed by atoms with Crippen LogP contribution < -0.4 is 10.0 Å². The first-order valence-electron chi connectivity index (χ1n) is 6.41. The predicted octanol–water partition coefficient (Wildman–Crippen LogP) is 1.57. The van der Waals surface area contributed by atoms with Crippen molar-refractivity contribution in [3.05, 3.63) is 59.2 Å². The highest BCUT2D eigenvalue weighted by atomic mass is 32.2. The van der Waals surface area contributed by atoms with Gasteiger partial charge in [0.25, 0.3) is 11.8 Å². The number of carboxylic acids is 1. The van der Waals surface area contributed by atoms with E-state index in [1.165, 1.54) is 30.0 Å². The van der Waals surface area contributed by atoms with Gasteiger partial charge in [-0.2, -0.15) is 0 Å². The number of rotatable bonds is 3. The van der Waals surface area contributed by atoms with E-state index in [2.05, 4.69) is 0 Å². The second kappa shape index (κ2) is 5.31. The first-order valence-corrected chi connectivity index (χ1v) is 7.63. The highest BCUT2D eigenvalue weighted by Crippen LogP contribution is 2.30. The number of imide groups is 1. The third-order valence-electron chi connectivity index (χ3n) is 3.43. The molecule has 1 aliphatic heterocycles. The lowest BCUT2D eigenvalue weighted by Gasteiger charge is -2.14. The van der Waals surface area contributed by atoms with Crippen LogP contribution in [0.15, 0.2) is 47.4 Å². The molecule has 3 rings (SSSR count). The minimum atomic E-state index is -1.38. The van der Waals surface area contributed by atoms with E-state index in [0.29, 0.717) is 5.69 Å². The number of benzene rings is 2. The van der Waals surface area contributed by atoms with Gasteiger partial charge in [0, 0.05) is 4.90 Å². The summed E-state index contributed by atoms with van der Waals surface area (Å²) < 4.78 is 0. The molecule has 0 fully saturated rings. The van der Waals surface area contributed by atoms with E-state index in [1.54, 1.807) is 18.2 Å². The zero-order valence-electron chi connectivity index (χ0n) is 11.5. The Kier molecular flexibility index (Phi) is 3.46. The normalized spacial score (nSPS) is 13.4. The van der Waals surface area contributed by atoms with E-state index in [4.69, 9.17) is 0 Å². The first kappa shape index (κ1) is 14.3. The van der Waals surface area contributed by atoms with E-state index < -0.39 is 17.8 Å². The molecule has 5 nitrogen and oxygen atoms in total. The topological polar surface area (TPSA) is 77.5 Å². The zero-order valence-corrected chi connectivity index (χ0v) is 12.3. The third kappa shape index (κ3) is 2.17. The molecule has 1 aliphatic rings. The first-order chi connectivity index (χ1) is 10.5. The van der Waals surface area contributed by atoms with Crippen LogP contribution >= 0.6 is 11.8 Å². The largest absolute Gasteiger partial charge is 0.545 e. The molecule has 0 aromatic heterocycles. The molecule has 2 aromatic rings. The van der Waals surface area contributed by atoms with Crippen molar-refractivity contribution in [3.63, 3.8) is 0 Å². The molecule has 0 saturated carbocycles. The van der Waals surface area contributed by atoms with Crippen LogP contribution in [0.5, 0.6) is 0 Å². The molecule has 0 saturated heterocycles. The van der Waals surface area contributed by atoms with Crippen molar-refractivity contribution in [3.8, 4) is 0 Å². The summed E-state index contributed by atoms with van der Waals surface area (Å²) in [5.41, 5.74) is 0.624. The summed E-state index contributed by atoms with van der Waals surface area (Å²) in [4.78, 5) is 37.8. The number of amides is 2. The summed E-state index contributed by atoms with van der Waals surface area (Å²) in [5, 5.41) is 10.9. The van der Waals surface area contributed by atoms with Crippen molar-refractivity contribution in [2.24, 2.45) is 0 Å². The molecule has 0 bridgehead atoms. The second-order valence-electron chi connectivity index (χ2n) is 4.70. The Morgan fingerprint density at radius 2 is 1.77 bits per heavy atom. The number of aromatic carboxylic acids is 1. The third-order valence-corrected chi connectivity index (χ3v) is 4.16. The number of nitrogens with zero attached hydrogens (tertiary/aromatic N) is 1. The maximum absolute atomic E-state index is 12.5. The highest BCUT2D eigenvalue weighted by Gasteiger charge is 2.36. The van der Waals surface area contributed by atoms with Gasteiger partial charge in [0.2, 0.25) is 0 Å². The van der Waals surface area contributed by atoms with Crippen molar-refractivity contribution < 1.29 is 19.5 Å². The van der Waals surface area contributed by atoms with Gasteiger partial charge in [-0.25, -0.2) is 4.90 Å². The van der Waals surface area contributed by atoms with Crippen LogP contribution in [0.1, 0.15) is 31.1 Å². The van der Waals surface area contributed by atoms with Crippen molar-refractivity contribution >= 4 is 35.2 Å². The minimum Gasteiger partial charge on any atom is -0.545 e. The molecule has 2 amide bonds. The van der Waals surface area contributed by atoms with Crippen LogP contribution in [-0.2, 0) is 0 Å². The molecule has 6 heteroatoms. The number of thioether (sulfide) groups is 1. The fraction of sp³-hybridized carbons (Fsp3) is 0.0625. The maximum atomic E-state index is 12.5. The standard InChI is InChI=1S/C16H11NO4S/c1-22-11-4-2-3-10(8-11)17-14(18)12-6-5-9(16(20)21)7-13(12)15(17)19/h2-8H,1H3,(H,20,21)/p-1. The molecule has 0 spiro atoms. The van der Waals surface area contributed by atoms with Gasteiger partial charge in [-0.1, -0.05) is 12.1 Å². The Morgan fingerprint density at radius 3 is 2.45 bits per heavy atom. The Labute approximate surface area is 130 Å². The van der Waals surface area contributed by atoms with Gasteiger partial charge < -0.3 is 9.90 Å². The van der Waals surface area contributed by atoms with Crippen molar-refractivity contribution in [2.45, 2.75) is 4.90 Å². The summed E-state index contributed by atoms with van der Waals surface area (Å²) in [5.74, 6) is -2.37. The molecule has 0 aliphatic carbocycles. The summed E-state index contributed by atoms with van der Waals surface area (Å²) in [6.45, 7) is 0. The average Bonchev–Trinajstić information content (AvgIpc) is 2.78. The van der Waals surface area contributed by atoms with Gasteiger partial charge in [-0.05, 0) is 42.2 Å². The predicted molar refractivity (Wildman–Crippen MR) is 80.1 cm³/mol. The number of carboxylic acid groups (broad SMARTS) is 1. The van der Waals surface area contributed by atoms with Crippen LogP contribution in [0.25, 0.3) is 0 Å². The molecule has 1 heterocycles.